The maximum atomic E-state index is 12.2. The topological polar surface area (TPSA) is 83.6 Å². The first-order valence-corrected chi connectivity index (χ1v) is 6.85. The molecule has 0 radical (unpaired) electrons. The lowest BCUT2D eigenvalue weighted by Gasteiger charge is -2.15. The third-order valence-electron chi connectivity index (χ3n) is 3.68. The second-order valence-electron chi connectivity index (χ2n) is 5.03. The van der Waals surface area contributed by atoms with Crippen LogP contribution in [0.3, 0.4) is 0 Å². The molecular weight excluding hydrogens is 266 g/mol. The SMILES string of the molecule is O=c1[nH]c(-c2ccc3nccnc3c2)nc2c1CNCC2. The van der Waals surface area contributed by atoms with Gasteiger partial charge in [-0.2, -0.15) is 0 Å². The number of aromatic nitrogens is 4. The minimum Gasteiger partial charge on any atom is -0.312 e. The van der Waals surface area contributed by atoms with E-state index in [0.29, 0.717) is 12.4 Å². The third-order valence-corrected chi connectivity index (χ3v) is 3.68. The zero-order chi connectivity index (χ0) is 14.2. The first-order chi connectivity index (χ1) is 10.3. The summed E-state index contributed by atoms with van der Waals surface area (Å²) in [7, 11) is 0. The number of nitrogens with zero attached hydrogens (tertiary/aromatic N) is 3. The van der Waals surface area contributed by atoms with Gasteiger partial charge >= 0.3 is 0 Å². The molecule has 0 saturated carbocycles. The molecule has 0 aliphatic carbocycles. The van der Waals surface area contributed by atoms with Crippen molar-refractivity contribution in [3.63, 3.8) is 0 Å². The van der Waals surface area contributed by atoms with Crippen LogP contribution in [0.4, 0.5) is 0 Å². The van der Waals surface area contributed by atoms with Crippen LogP contribution in [0.1, 0.15) is 11.3 Å². The van der Waals surface area contributed by atoms with Crippen LogP contribution in [0.15, 0.2) is 35.4 Å². The Morgan fingerprint density at radius 3 is 2.86 bits per heavy atom. The van der Waals surface area contributed by atoms with Crippen molar-refractivity contribution in [1.29, 1.82) is 0 Å². The monoisotopic (exact) mass is 279 g/mol. The number of hydrogen-bond donors (Lipinski definition) is 2. The Hall–Kier alpha value is -2.60. The summed E-state index contributed by atoms with van der Waals surface area (Å²) < 4.78 is 0. The van der Waals surface area contributed by atoms with Crippen LogP contribution >= 0.6 is 0 Å². The minimum atomic E-state index is -0.0681. The number of rotatable bonds is 1. The Balaban J connectivity index is 1.88. The molecule has 1 aromatic carbocycles. The van der Waals surface area contributed by atoms with Gasteiger partial charge in [0, 0.05) is 37.5 Å². The quantitative estimate of drug-likeness (QED) is 0.695. The van der Waals surface area contributed by atoms with Gasteiger partial charge in [-0.05, 0) is 18.2 Å². The van der Waals surface area contributed by atoms with Gasteiger partial charge < -0.3 is 10.3 Å². The number of hydrogen-bond acceptors (Lipinski definition) is 5. The summed E-state index contributed by atoms with van der Waals surface area (Å²) >= 11 is 0. The first-order valence-electron chi connectivity index (χ1n) is 6.85. The predicted molar refractivity (Wildman–Crippen MR) is 78.8 cm³/mol. The zero-order valence-corrected chi connectivity index (χ0v) is 11.3. The summed E-state index contributed by atoms with van der Waals surface area (Å²) in [6.07, 6.45) is 4.09. The Kier molecular flexibility index (Phi) is 2.75. The number of nitrogens with one attached hydrogen (secondary N) is 2. The third kappa shape index (κ3) is 2.09. The second-order valence-corrected chi connectivity index (χ2v) is 5.03. The molecule has 104 valence electrons. The van der Waals surface area contributed by atoms with E-state index in [1.165, 1.54) is 0 Å². The van der Waals surface area contributed by atoms with Crippen molar-refractivity contribution in [3.8, 4) is 11.4 Å². The maximum Gasteiger partial charge on any atom is 0.255 e. The summed E-state index contributed by atoms with van der Waals surface area (Å²) in [6.45, 7) is 1.44. The van der Waals surface area contributed by atoms with Crippen molar-refractivity contribution >= 4 is 11.0 Å². The van der Waals surface area contributed by atoms with E-state index in [9.17, 15) is 4.79 Å². The van der Waals surface area contributed by atoms with E-state index in [4.69, 9.17) is 0 Å². The van der Waals surface area contributed by atoms with E-state index in [-0.39, 0.29) is 5.56 Å². The maximum absolute atomic E-state index is 12.2. The van der Waals surface area contributed by atoms with Crippen molar-refractivity contribution in [3.05, 3.63) is 52.2 Å². The van der Waals surface area contributed by atoms with Gasteiger partial charge in [0.1, 0.15) is 5.82 Å². The fourth-order valence-corrected chi connectivity index (χ4v) is 2.60. The van der Waals surface area contributed by atoms with Gasteiger partial charge in [0.25, 0.3) is 5.56 Å². The molecule has 0 unspecified atom stereocenters. The van der Waals surface area contributed by atoms with Crippen molar-refractivity contribution in [2.24, 2.45) is 0 Å². The van der Waals surface area contributed by atoms with Crippen LogP contribution in [0.2, 0.25) is 0 Å². The molecule has 0 spiro atoms. The molecule has 0 amide bonds. The number of H-pyrrole nitrogens is 1. The van der Waals surface area contributed by atoms with Gasteiger partial charge in [-0.1, -0.05) is 0 Å². The van der Waals surface area contributed by atoms with E-state index < -0.39 is 0 Å². The Labute approximate surface area is 120 Å². The highest BCUT2D eigenvalue weighted by Gasteiger charge is 2.15. The van der Waals surface area contributed by atoms with Crippen LogP contribution < -0.4 is 10.9 Å². The second kappa shape index (κ2) is 4.75. The van der Waals surface area contributed by atoms with Crippen molar-refractivity contribution in [2.75, 3.05) is 6.54 Å². The molecule has 0 saturated heterocycles. The van der Waals surface area contributed by atoms with Crippen LogP contribution in [-0.4, -0.2) is 26.5 Å². The lowest BCUT2D eigenvalue weighted by Crippen LogP contribution is -2.31. The Morgan fingerprint density at radius 1 is 1.10 bits per heavy atom. The zero-order valence-electron chi connectivity index (χ0n) is 11.3. The molecule has 0 fully saturated rings. The first kappa shape index (κ1) is 12.2. The van der Waals surface area contributed by atoms with Crippen molar-refractivity contribution < 1.29 is 0 Å². The Morgan fingerprint density at radius 2 is 1.95 bits per heavy atom. The van der Waals surface area contributed by atoms with Crippen molar-refractivity contribution in [2.45, 2.75) is 13.0 Å². The van der Waals surface area contributed by atoms with Gasteiger partial charge in [0.15, 0.2) is 0 Å². The molecule has 0 bridgehead atoms. The summed E-state index contributed by atoms with van der Waals surface area (Å²) in [6, 6.07) is 5.69. The van der Waals surface area contributed by atoms with E-state index in [1.807, 2.05) is 18.2 Å². The van der Waals surface area contributed by atoms with E-state index in [1.54, 1.807) is 12.4 Å². The van der Waals surface area contributed by atoms with Crippen LogP contribution in [-0.2, 0) is 13.0 Å². The fourth-order valence-electron chi connectivity index (χ4n) is 2.60. The molecule has 1 aliphatic rings. The predicted octanol–water partition coefficient (Wildman–Crippen LogP) is 1.03. The number of benzene rings is 1. The molecular formula is C15H13N5O. The smallest absolute Gasteiger partial charge is 0.255 e. The molecule has 21 heavy (non-hydrogen) atoms. The average molecular weight is 279 g/mol. The molecule has 6 nitrogen and oxygen atoms in total. The molecule has 3 heterocycles. The van der Waals surface area contributed by atoms with Gasteiger partial charge in [-0.15, -0.1) is 0 Å². The van der Waals surface area contributed by atoms with Gasteiger partial charge in [-0.25, -0.2) is 4.98 Å². The van der Waals surface area contributed by atoms with Gasteiger partial charge in [-0.3, -0.25) is 14.8 Å². The highest BCUT2D eigenvalue weighted by Crippen LogP contribution is 2.20. The molecule has 6 heteroatoms. The number of fused-ring (bicyclic) bond motifs is 2. The average Bonchev–Trinajstić information content (AvgIpc) is 2.54. The van der Waals surface area contributed by atoms with Gasteiger partial charge in [0.2, 0.25) is 0 Å². The fraction of sp³-hybridized carbons (Fsp3) is 0.200. The highest BCUT2D eigenvalue weighted by atomic mass is 16.1. The Bertz CT molecular complexity index is 887. The summed E-state index contributed by atoms with van der Waals surface area (Å²) in [5, 5.41) is 3.19. The molecule has 2 N–H and O–H groups in total. The van der Waals surface area contributed by atoms with Gasteiger partial charge in [0.05, 0.1) is 22.3 Å². The van der Waals surface area contributed by atoms with Crippen LogP contribution in [0.25, 0.3) is 22.4 Å². The van der Waals surface area contributed by atoms with E-state index >= 15 is 0 Å². The minimum absolute atomic E-state index is 0.0681. The summed E-state index contributed by atoms with van der Waals surface area (Å²) in [5.41, 5.74) is 4.02. The summed E-state index contributed by atoms with van der Waals surface area (Å²) in [5.74, 6) is 0.591. The lowest BCUT2D eigenvalue weighted by molar-refractivity contribution is 0.621. The van der Waals surface area contributed by atoms with E-state index in [2.05, 4.69) is 25.3 Å². The molecule has 2 aromatic heterocycles. The highest BCUT2D eigenvalue weighted by molar-refractivity contribution is 5.79. The lowest BCUT2D eigenvalue weighted by atomic mass is 10.1. The molecule has 4 rings (SSSR count). The normalized spacial score (nSPS) is 14.1. The molecule has 0 atom stereocenters. The summed E-state index contributed by atoms with van der Waals surface area (Å²) in [4.78, 5) is 28.2. The van der Waals surface area contributed by atoms with Crippen LogP contribution in [0.5, 0.6) is 0 Å². The standard InChI is InChI=1S/C15H13N5O/c21-15-10-8-16-4-3-11(10)19-14(20-15)9-1-2-12-13(7-9)18-6-5-17-12/h1-2,5-7,16H,3-4,8H2,(H,19,20,21). The van der Waals surface area contributed by atoms with Crippen LogP contribution in [0, 0.1) is 0 Å². The molecule has 3 aromatic rings. The number of aromatic amines is 1. The van der Waals surface area contributed by atoms with Crippen molar-refractivity contribution in [1.82, 2.24) is 25.3 Å². The largest absolute Gasteiger partial charge is 0.312 e. The van der Waals surface area contributed by atoms with E-state index in [0.717, 1.165) is 40.8 Å². The molecule has 1 aliphatic heterocycles.